The van der Waals surface area contributed by atoms with E-state index in [4.69, 9.17) is 4.74 Å². The number of carbonyl (C=O) groups excluding carboxylic acids is 2. The van der Waals surface area contributed by atoms with Gasteiger partial charge in [0.1, 0.15) is 6.61 Å². The first-order valence-corrected chi connectivity index (χ1v) is 9.69. The van der Waals surface area contributed by atoms with Crippen molar-refractivity contribution in [1.29, 1.82) is 0 Å². The van der Waals surface area contributed by atoms with E-state index in [1.807, 2.05) is 0 Å². The number of halogens is 1. The predicted molar refractivity (Wildman–Crippen MR) is 101 cm³/mol. The average molecular weight is 405 g/mol. The van der Waals surface area contributed by atoms with Gasteiger partial charge in [0.25, 0.3) is 0 Å². The fourth-order valence-corrected chi connectivity index (χ4v) is 3.06. The van der Waals surface area contributed by atoms with Gasteiger partial charge in [0.2, 0.25) is 5.91 Å². The summed E-state index contributed by atoms with van der Waals surface area (Å²) in [4.78, 5) is 23.5. The minimum absolute atomic E-state index is 0.00152. The molecule has 1 aliphatic rings. The van der Waals surface area contributed by atoms with Crippen LogP contribution in [0.3, 0.4) is 0 Å². The number of benzene rings is 1. The monoisotopic (exact) mass is 405 g/mol. The maximum Gasteiger partial charge on any atom is 0.321 e. The topological polar surface area (TPSA) is 98.1 Å². The standard InChI is InChI=1S/C18H20FN5O3S/c1-2-9-24-15(10-27-14-6-4-3-5-13(14)19)22-23-18(24)28-11-16(25)21-17(26)20-12-7-8-12/h2-6,12H,1,7-11H2,(H2,20,21,25,26). The summed E-state index contributed by atoms with van der Waals surface area (Å²) in [6.45, 7) is 4.11. The Labute approximate surface area is 165 Å². The van der Waals surface area contributed by atoms with Crippen LogP contribution in [0.5, 0.6) is 5.75 Å². The number of ether oxygens (including phenoxy) is 1. The van der Waals surface area contributed by atoms with E-state index in [1.165, 1.54) is 12.1 Å². The van der Waals surface area contributed by atoms with Crippen LogP contribution in [0.15, 0.2) is 42.1 Å². The van der Waals surface area contributed by atoms with Crippen LogP contribution in [0.25, 0.3) is 0 Å². The minimum atomic E-state index is -0.486. The van der Waals surface area contributed by atoms with Crippen molar-refractivity contribution >= 4 is 23.7 Å². The van der Waals surface area contributed by atoms with E-state index >= 15 is 0 Å². The molecule has 0 saturated heterocycles. The fraction of sp³-hybridized carbons (Fsp3) is 0.333. The van der Waals surface area contributed by atoms with Gasteiger partial charge in [-0.3, -0.25) is 14.7 Å². The predicted octanol–water partition coefficient (Wildman–Crippen LogP) is 2.26. The third-order valence-electron chi connectivity index (χ3n) is 3.80. The van der Waals surface area contributed by atoms with Gasteiger partial charge in [-0.1, -0.05) is 30.0 Å². The van der Waals surface area contributed by atoms with E-state index in [0.717, 1.165) is 24.6 Å². The van der Waals surface area contributed by atoms with Crippen LogP contribution in [-0.2, 0) is 17.9 Å². The van der Waals surface area contributed by atoms with Gasteiger partial charge in [-0.15, -0.1) is 16.8 Å². The Bertz CT molecular complexity index is 869. The molecule has 1 saturated carbocycles. The van der Waals surface area contributed by atoms with Gasteiger partial charge < -0.3 is 10.1 Å². The summed E-state index contributed by atoms with van der Waals surface area (Å²) in [6.07, 6.45) is 3.54. The molecule has 8 nitrogen and oxygen atoms in total. The molecule has 0 bridgehead atoms. The molecule has 1 aromatic carbocycles. The average Bonchev–Trinajstić information content (AvgIpc) is 3.39. The quantitative estimate of drug-likeness (QED) is 0.491. The molecule has 0 atom stereocenters. The van der Waals surface area contributed by atoms with E-state index in [1.54, 1.807) is 22.8 Å². The van der Waals surface area contributed by atoms with Crippen molar-refractivity contribution < 1.29 is 18.7 Å². The molecular formula is C18H20FN5O3S. The van der Waals surface area contributed by atoms with Gasteiger partial charge >= 0.3 is 6.03 Å². The molecule has 0 unspecified atom stereocenters. The van der Waals surface area contributed by atoms with Gasteiger partial charge in [-0.05, 0) is 25.0 Å². The number of thioether (sulfide) groups is 1. The lowest BCUT2D eigenvalue weighted by Crippen LogP contribution is -2.41. The maximum atomic E-state index is 13.7. The van der Waals surface area contributed by atoms with E-state index in [0.29, 0.717) is 17.5 Å². The molecule has 3 amide bonds. The summed E-state index contributed by atoms with van der Waals surface area (Å²) >= 11 is 1.14. The van der Waals surface area contributed by atoms with Crippen molar-refractivity contribution in [2.45, 2.75) is 37.2 Å². The second-order valence-corrected chi connectivity index (χ2v) is 7.04. The molecule has 1 aromatic heterocycles. The fourth-order valence-electron chi connectivity index (χ4n) is 2.29. The van der Waals surface area contributed by atoms with Crippen LogP contribution in [0.1, 0.15) is 18.7 Å². The first-order chi connectivity index (χ1) is 13.6. The highest BCUT2D eigenvalue weighted by atomic mass is 32.2. The highest BCUT2D eigenvalue weighted by molar-refractivity contribution is 7.99. The van der Waals surface area contributed by atoms with Crippen molar-refractivity contribution in [2.24, 2.45) is 0 Å². The smallest absolute Gasteiger partial charge is 0.321 e. The van der Waals surface area contributed by atoms with Crippen molar-refractivity contribution in [1.82, 2.24) is 25.4 Å². The molecule has 0 radical (unpaired) electrons. The molecule has 2 aromatic rings. The van der Waals surface area contributed by atoms with Crippen LogP contribution in [0.2, 0.25) is 0 Å². The highest BCUT2D eigenvalue weighted by Gasteiger charge is 2.24. The number of nitrogens with zero attached hydrogens (tertiary/aromatic N) is 3. The Kier molecular flexibility index (Phi) is 6.64. The summed E-state index contributed by atoms with van der Waals surface area (Å²) in [6, 6.07) is 5.77. The normalized spacial score (nSPS) is 13.0. The molecule has 0 spiro atoms. The zero-order chi connectivity index (χ0) is 19.9. The van der Waals surface area contributed by atoms with Gasteiger partial charge in [0.15, 0.2) is 22.5 Å². The third kappa shape index (κ3) is 5.56. The first-order valence-electron chi connectivity index (χ1n) is 8.70. The number of carbonyl (C=O) groups is 2. The molecule has 0 aliphatic heterocycles. The number of nitrogens with one attached hydrogen (secondary N) is 2. The molecule has 1 heterocycles. The van der Waals surface area contributed by atoms with Crippen molar-refractivity contribution in [3.8, 4) is 5.75 Å². The number of amides is 3. The number of allylic oxidation sites excluding steroid dienone is 1. The van der Waals surface area contributed by atoms with Crippen molar-refractivity contribution in [3.63, 3.8) is 0 Å². The number of rotatable bonds is 9. The zero-order valence-electron chi connectivity index (χ0n) is 15.1. The van der Waals surface area contributed by atoms with Gasteiger partial charge in [-0.2, -0.15) is 0 Å². The molecule has 1 aliphatic carbocycles. The number of urea groups is 1. The van der Waals surface area contributed by atoms with E-state index in [9.17, 15) is 14.0 Å². The van der Waals surface area contributed by atoms with Crippen LogP contribution >= 0.6 is 11.8 Å². The Morgan fingerprint density at radius 3 is 2.86 bits per heavy atom. The number of para-hydroxylation sites is 1. The number of imide groups is 1. The van der Waals surface area contributed by atoms with E-state index in [2.05, 4.69) is 27.4 Å². The molecule has 28 heavy (non-hydrogen) atoms. The summed E-state index contributed by atoms with van der Waals surface area (Å²) in [5.41, 5.74) is 0. The molecular weight excluding hydrogens is 385 g/mol. The van der Waals surface area contributed by atoms with Crippen LogP contribution in [0.4, 0.5) is 9.18 Å². The SMILES string of the molecule is C=CCn1c(COc2ccccc2F)nnc1SCC(=O)NC(=O)NC1CC1. The van der Waals surface area contributed by atoms with Gasteiger partial charge in [0.05, 0.1) is 5.75 Å². The molecule has 10 heteroatoms. The van der Waals surface area contributed by atoms with Gasteiger partial charge in [0, 0.05) is 12.6 Å². The number of hydrogen-bond donors (Lipinski definition) is 2. The molecule has 2 N–H and O–H groups in total. The highest BCUT2D eigenvalue weighted by Crippen LogP contribution is 2.20. The van der Waals surface area contributed by atoms with E-state index in [-0.39, 0.29) is 24.2 Å². The summed E-state index contributed by atoms with van der Waals surface area (Å²) in [7, 11) is 0. The maximum absolute atomic E-state index is 13.7. The number of aromatic nitrogens is 3. The first kappa shape index (κ1) is 19.9. The lowest BCUT2D eigenvalue weighted by molar-refractivity contribution is -0.117. The molecule has 3 rings (SSSR count). The Morgan fingerprint density at radius 2 is 2.14 bits per heavy atom. The van der Waals surface area contributed by atoms with E-state index < -0.39 is 17.8 Å². The van der Waals surface area contributed by atoms with Crippen LogP contribution < -0.4 is 15.4 Å². The van der Waals surface area contributed by atoms with Crippen LogP contribution in [-0.4, -0.2) is 38.5 Å². The van der Waals surface area contributed by atoms with Crippen molar-refractivity contribution in [2.75, 3.05) is 5.75 Å². The minimum Gasteiger partial charge on any atom is -0.483 e. The largest absolute Gasteiger partial charge is 0.483 e. The molecule has 1 fully saturated rings. The zero-order valence-corrected chi connectivity index (χ0v) is 15.9. The number of hydrogen-bond acceptors (Lipinski definition) is 6. The molecule has 148 valence electrons. The summed E-state index contributed by atoms with van der Waals surface area (Å²) in [5.74, 6) is -0.307. The summed E-state index contributed by atoms with van der Waals surface area (Å²) < 4.78 is 20.9. The second-order valence-electron chi connectivity index (χ2n) is 6.10. The lowest BCUT2D eigenvalue weighted by Gasteiger charge is -2.09. The summed E-state index contributed by atoms with van der Waals surface area (Å²) in [5, 5.41) is 13.5. The third-order valence-corrected chi connectivity index (χ3v) is 4.76. The lowest BCUT2D eigenvalue weighted by atomic mass is 10.3. The second kappa shape index (κ2) is 9.36. The Hall–Kier alpha value is -2.88. The van der Waals surface area contributed by atoms with Gasteiger partial charge in [-0.25, -0.2) is 9.18 Å². The van der Waals surface area contributed by atoms with Crippen molar-refractivity contribution in [3.05, 3.63) is 48.6 Å². The van der Waals surface area contributed by atoms with Crippen LogP contribution in [0, 0.1) is 5.82 Å². The Balaban J connectivity index is 1.56. The Morgan fingerprint density at radius 1 is 1.36 bits per heavy atom.